The van der Waals surface area contributed by atoms with Gasteiger partial charge in [0, 0.05) is 38.9 Å². The molecule has 0 unspecified atom stereocenters. The average molecular weight is 211 g/mol. The van der Waals surface area contributed by atoms with E-state index in [-0.39, 0.29) is 0 Å². The Hall–Kier alpha value is -0.870. The summed E-state index contributed by atoms with van der Waals surface area (Å²) in [6.07, 6.45) is 1.03. The second kappa shape index (κ2) is 6.58. The summed E-state index contributed by atoms with van der Waals surface area (Å²) in [5.41, 5.74) is 2.41. The van der Waals surface area contributed by atoms with Crippen LogP contribution >= 0.6 is 0 Å². The zero-order valence-electron chi connectivity index (χ0n) is 9.92. The number of hydrogen-bond donors (Lipinski definition) is 1. The van der Waals surface area contributed by atoms with Gasteiger partial charge in [-0.05, 0) is 19.9 Å². The standard InChI is InChI=1S/C11H21N3O/c1-4-14-11(9-10(2)13-14)5-6-12-7-8-15-3/h9,12H,4-8H2,1-3H3. The van der Waals surface area contributed by atoms with Gasteiger partial charge in [0.1, 0.15) is 0 Å². The zero-order chi connectivity index (χ0) is 11.1. The second-order valence-electron chi connectivity index (χ2n) is 3.59. The maximum absolute atomic E-state index is 4.96. The number of hydrogen-bond acceptors (Lipinski definition) is 3. The molecule has 0 atom stereocenters. The first kappa shape index (κ1) is 12.2. The van der Waals surface area contributed by atoms with Crippen LogP contribution in [0.4, 0.5) is 0 Å². The van der Waals surface area contributed by atoms with E-state index in [9.17, 15) is 0 Å². The molecule has 1 rings (SSSR count). The molecular weight excluding hydrogens is 190 g/mol. The topological polar surface area (TPSA) is 39.1 Å². The third kappa shape index (κ3) is 4.01. The summed E-state index contributed by atoms with van der Waals surface area (Å²) in [6, 6.07) is 2.15. The quantitative estimate of drug-likeness (QED) is 0.684. The van der Waals surface area contributed by atoms with Gasteiger partial charge in [-0.3, -0.25) is 4.68 Å². The normalized spacial score (nSPS) is 10.9. The van der Waals surface area contributed by atoms with E-state index in [2.05, 4.69) is 28.1 Å². The number of nitrogens with one attached hydrogen (secondary N) is 1. The molecule has 0 saturated heterocycles. The highest BCUT2D eigenvalue weighted by atomic mass is 16.5. The zero-order valence-corrected chi connectivity index (χ0v) is 9.92. The van der Waals surface area contributed by atoms with Crippen molar-refractivity contribution < 1.29 is 4.74 Å². The maximum atomic E-state index is 4.96. The molecule has 1 heterocycles. The second-order valence-corrected chi connectivity index (χ2v) is 3.59. The monoisotopic (exact) mass is 211 g/mol. The highest BCUT2D eigenvalue weighted by Gasteiger charge is 2.02. The van der Waals surface area contributed by atoms with Crippen LogP contribution in [0, 0.1) is 6.92 Å². The lowest BCUT2D eigenvalue weighted by Gasteiger charge is -2.05. The van der Waals surface area contributed by atoms with Gasteiger partial charge in [-0.1, -0.05) is 0 Å². The summed E-state index contributed by atoms with van der Waals surface area (Å²) in [7, 11) is 1.72. The van der Waals surface area contributed by atoms with Crippen LogP contribution in [0.15, 0.2) is 6.07 Å². The van der Waals surface area contributed by atoms with E-state index >= 15 is 0 Å². The van der Waals surface area contributed by atoms with E-state index in [0.717, 1.165) is 38.4 Å². The molecule has 0 spiro atoms. The van der Waals surface area contributed by atoms with Gasteiger partial charge in [-0.15, -0.1) is 0 Å². The molecule has 15 heavy (non-hydrogen) atoms. The largest absolute Gasteiger partial charge is 0.383 e. The Balaban J connectivity index is 2.30. The van der Waals surface area contributed by atoms with Crippen molar-refractivity contribution in [1.82, 2.24) is 15.1 Å². The molecule has 0 saturated carbocycles. The third-order valence-corrected chi connectivity index (χ3v) is 2.33. The Morgan fingerprint density at radius 2 is 2.27 bits per heavy atom. The summed E-state index contributed by atoms with van der Waals surface area (Å²) in [5.74, 6) is 0. The molecule has 1 N–H and O–H groups in total. The highest BCUT2D eigenvalue weighted by molar-refractivity contribution is 5.09. The van der Waals surface area contributed by atoms with Gasteiger partial charge >= 0.3 is 0 Å². The van der Waals surface area contributed by atoms with E-state index in [1.165, 1.54) is 5.69 Å². The predicted octanol–water partition coefficient (Wildman–Crippen LogP) is 0.990. The fraction of sp³-hybridized carbons (Fsp3) is 0.727. The van der Waals surface area contributed by atoms with E-state index < -0.39 is 0 Å². The Morgan fingerprint density at radius 1 is 1.47 bits per heavy atom. The van der Waals surface area contributed by atoms with Crippen LogP contribution in [-0.4, -0.2) is 36.6 Å². The summed E-state index contributed by atoms with van der Waals surface area (Å²) < 4.78 is 7.03. The predicted molar refractivity (Wildman–Crippen MR) is 61.1 cm³/mol. The Bertz CT molecular complexity index is 283. The number of methoxy groups -OCH3 is 1. The fourth-order valence-corrected chi connectivity index (χ4v) is 1.59. The van der Waals surface area contributed by atoms with Crippen molar-refractivity contribution in [2.75, 3.05) is 26.8 Å². The van der Waals surface area contributed by atoms with Crippen LogP contribution in [0.2, 0.25) is 0 Å². The van der Waals surface area contributed by atoms with Crippen LogP contribution < -0.4 is 5.32 Å². The molecule has 0 aliphatic rings. The first-order valence-corrected chi connectivity index (χ1v) is 5.51. The molecule has 0 bridgehead atoms. The number of aromatic nitrogens is 2. The maximum Gasteiger partial charge on any atom is 0.0596 e. The molecule has 1 aromatic rings. The van der Waals surface area contributed by atoms with Gasteiger partial charge in [0.15, 0.2) is 0 Å². The number of ether oxygens (including phenoxy) is 1. The summed E-state index contributed by atoms with van der Waals surface area (Å²) in [6.45, 7) is 7.76. The lowest BCUT2D eigenvalue weighted by atomic mass is 10.3. The Kier molecular flexibility index (Phi) is 5.36. The molecule has 0 radical (unpaired) electrons. The fourth-order valence-electron chi connectivity index (χ4n) is 1.59. The molecule has 0 aliphatic carbocycles. The van der Waals surface area contributed by atoms with Crippen LogP contribution in [-0.2, 0) is 17.7 Å². The van der Waals surface area contributed by atoms with E-state index in [4.69, 9.17) is 4.74 Å². The molecule has 4 nitrogen and oxygen atoms in total. The van der Waals surface area contributed by atoms with Crippen molar-refractivity contribution >= 4 is 0 Å². The van der Waals surface area contributed by atoms with E-state index in [1.54, 1.807) is 7.11 Å². The van der Waals surface area contributed by atoms with Crippen molar-refractivity contribution in [3.8, 4) is 0 Å². The number of nitrogens with zero attached hydrogens (tertiary/aromatic N) is 2. The molecule has 86 valence electrons. The molecule has 0 amide bonds. The van der Waals surface area contributed by atoms with Crippen LogP contribution in [0.5, 0.6) is 0 Å². The minimum atomic E-state index is 0.770. The highest BCUT2D eigenvalue weighted by Crippen LogP contribution is 2.03. The Labute approximate surface area is 91.6 Å². The summed E-state index contributed by atoms with van der Waals surface area (Å²) in [5, 5.41) is 7.74. The first-order chi connectivity index (χ1) is 7.27. The number of aryl methyl sites for hydroxylation is 2. The number of rotatable bonds is 7. The third-order valence-electron chi connectivity index (χ3n) is 2.33. The lowest BCUT2D eigenvalue weighted by Crippen LogP contribution is -2.22. The van der Waals surface area contributed by atoms with Gasteiger partial charge in [0.25, 0.3) is 0 Å². The van der Waals surface area contributed by atoms with Crippen molar-refractivity contribution in [3.63, 3.8) is 0 Å². The van der Waals surface area contributed by atoms with Crippen molar-refractivity contribution in [2.45, 2.75) is 26.8 Å². The van der Waals surface area contributed by atoms with Crippen LogP contribution in [0.25, 0.3) is 0 Å². The molecule has 0 aromatic carbocycles. The van der Waals surface area contributed by atoms with Crippen molar-refractivity contribution in [1.29, 1.82) is 0 Å². The van der Waals surface area contributed by atoms with Crippen LogP contribution in [0.1, 0.15) is 18.3 Å². The van der Waals surface area contributed by atoms with Crippen molar-refractivity contribution in [3.05, 3.63) is 17.5 Å². The summed E-state index contributed by atoms with van der Waals surface area (Å²) in [4.78, 5) is 0. The average Bonchev–Trinajstić information content (AvgIpc) is 2.59. The van der Waals surface area contributed by atoms with Crippen LogP contribution in [0.3, 0.4) is 0 Å². The Morgan fingerprint density at radius 3 is 2.93 bits per heavy atom. The molecule has 0 fully saturated rings. The minimum Gasteiger partial charge on any atom is -0.383 e. The van der Waals surface area contributed by atoms with Gasteiger partial charge in [-0.25, -0.2) is 0 Å². The van der Waals surface area contributed by atoms with Gasteiger partial charge in [0.05, 0.1) is 12.3 Å². The molecular formula is C11H21N3O. The van der Waals surface area contributed by atoms with Gasteiger partial charge in [-0.2, -0.15) is 5.10 Å². The first-order valence-electron chi connectivity index (χ1n) is 5.51. The van der Waals surface area contributed by atoms with Gasteiger partial charge in [0.2, 0.25) is 0 Å². The molecule has 1 aromatic heterocycles. The minimum absolute atomic E-state index is 0.770. The van der Waals surface area contributed by atoms with Crippen molar-refractivity contribution in [2.24, 2.45) is 0 Å². The molecule has 0 aliphatic heterocycles. The molecule has 4 heteroatoms. The smallest absolute Gasteiger partial charge is 0.0596 e. The SMILES string of the molecule is CCn1nc(C)cc1CCNCCOC. The van der Waals surface area contributed by atoms with E-state index in [0.29, 0.717) is 0 Å². The van der Waals surface area contributed by atoms with Gasteiger partial charge < -0.3 is 10.1 Å². The lowest BCUT2D eigenvalue weighted by molar-refractivity contribution is 0.199. The van der Waals surface area contributed by atoms with E-state index in [1.807, 2.05) is 6.92 Å². The summed E-state index contributed by atoms with van der Waals surface area (Å²) >= 11 is 0.